The van der Waals surface area contributed by atoms with E-state index in [4.69, 9.17) is 11.1 Å². The number of rotatable bonds is 2. The molecule has 2 aliphatic rings. The van der Waals surface area contributed by atoms with Gasteiger partial charge in [0.1, 0.15) is 11.5 Å². The van der Waals surface area contributed by atoms with Crippen LogP contribution in [0.25, 0.3) is 32.3 Å². The van der Waals surface area contributed by atoms with Gasteiger partial charge in [0.25, 0.3) is 0 Å². The van der Waals surface area contributed by atoms with Gasteiger partial charge in [-0.15, -0.1) is 0 Å². The van der Waals surface area contributed by atoms with Gasteiger partial charge in [0.15, 0.2) is 29.2 Å². The molecule has 0 amide bonds. The molecular weight excluding hydrogens is 648 g/mol. The first-order chi connectivity index (χ1) is 20.1. The molecule has 0 saturated heterocycles. The minimum atomic E-state index is -5.67. The molecule has 0 atom stereocenters. The van der Waals surface area contributed by atoms with E-state index in [-0.39, 0.29) is 125 Å². The van der Waals surface area contributed by atoms with Crippen molar-refractivity contribution in [2.45, 2.75) is 0 Å². The number of phenolic OH excluding ortho intramolecular Hbond substituents is 2. The normalized spacial score (nSPS) is 12.0. The maximum Gasteiger partial charge on any atom is 1.00 e. The van der Waals surface area contributed by atoms with Crippen molar-refractivity contribution in [1.82, 2.24) is 0 Å². The molecule has 0 unspecified atom stereocenters. The molecule has 0 fully saturated rings. The third kappa shape index (κ3) is 6.41. The van der Waals surface area contributed by atoms with Crippen LogP contribution in [-0.2, 0) is 18.3 Å². The minimum absolute atomic E-state index is 0. The zero-order valence-corrected chi connectivity index (χ0v) is 29.1. The summed E-state index contributed by atoms with van der Waals surface area (Å²) in [4.78, 5) is 31.3. The Hall–Kier alpha value is -3.22. The van der Waals surface area contributed by atoms with Crippen LogP contribution < -0.4 is 86.4 Å². The second-order valence-electron chi connectivity index (χ2n) is 9.18. The molecule has 4 aromatic rings. The van der Waals surface area contributed by atoms with Crippen molar-refractivity contribution >= 4 is 62.0 Å². The molecule has 5 N–H and O–H groups in total. The summed E-state index contributed by atoms with van der Waals surface area (Å²) in [5.41, 5.74) is 5.86. The van der Waals surface area contributed by atoms with Crippen molar-refractivity contribution in [3.63, 3.8) is 0 Å². The number of nitrogens with one attached hydrogen (secondary N) is 1. The van der Waals surface area contributed by atoms with E-state index in [1.54, 1.807) is 60.7 Å². The summed E-state index contributed by atoms with van der Waals surface area (Å²) in [6, 6.07) is 19.4. The average Bonchev–Trinajstić information content (AvgIpc) is 2.95. The summed E-state index contributed by atoms with van der Waals surface area (Å²) in [6.07, 6.45) is 0. The number of anilines is 1. The zero-order valence-electron chi connectivity index (χ0n) is 23.4. The van der Waals surface area contributed by atoms with Crippen molar-refractivity contribution in [1.29, 1.82) is 5.41 Å². The van der Waals surface area contributed by atoms with Crippen LogP contribution in [-0.4, -0.2) is 36.2 Å². The number of hydrogen-bond acceptors (Lipinski definition) is 13. The van der Waals surface area contributed by atoms with Crippen LogP contribution in [0.3, 0.4) is 0 Å². The molecular formula is C28H17N3Na2O10S2. The first kappa shape index (κ1) is 36.3. The van der Waals surface area contributed by atoms with E-state index in [1.165, 1.54) is 12.1 Å². The van der Waals surface area contributed by atoms with E-state index in [0.717, 1.165) is 0 Å². The van der Waals surface area contributed by atoms with Crippen LogP contribution in [0, 0.1) is 15.8 Å². The Balaban J connectivity index is 0.000000492. The Bertz CT molecular complexity index is 2650. The molecule has 6 rings (SSSR count). The van der Waals surface area contributed by atoms with Crippen molar-refractivity contribution in [3.8, 4) is 11.5 Å². The maximum atomic E-state index is 13.4. The summed E-state index contributed by atoms with van der Waals surface area (Å²) in [5, 5.41) is 32.4. The number of aromatic hydroxyl groups is 2. The molecule has 218 valence electrons. The number of phenols is 2. The van der Waals surface area contributed by atoms with Gasteiger partial charge in [-0.2, -0.15) is 0 Å². The predicted molar refractivity (Wildman–Crippen MR) is 154 cm³/mol. The van der Waals surface area contributed by atoms with Gasteiger partial charge in [-0.3, -0.25) is 9.59 Å². The number of hydrogen-bond donors (Lipinski definition) is 4. The molecule has 2 aliphatic carbocycles. The minimum Gasteiger partial charge on any atom is -0.736 e. The quantitative estimate of drug-likeness (QED) is 0.0341. The molecule has 0 heterocycles. The summed E-state index contributed by atoms with van der Waals surface area (Å²) in [5.74, 6) is -0.204. The van der Waals surface area contributed by atoms with E-state index in [0.29, 0.717) is 10.8 Å². The largest absolute Gasteiger partial charge is 1.00 e. The fourth-order valence-electron chi connectivity index (χ4n) is 4.79. The van der Waals surface area contributed by atoms with Crippen molar-refractivity contribution in [2.75, 3.05) is 5.73 Å². The molecule has 0 radical (unpaired) electrons. The monoisotopic (exact) mass is 665 g/mol. The number of benzene rings is 4. The number of nitrogen functional groups attached to an aromatic ring is 1. The van der Waals surface area contributed by atoms with Gasteiger partial charge in [0.05, 0.1) is 37.6 Å². The summed E-state index contributed by atoms with van der Waals surface area (Å²) < 4.78 is 55.2. The van der Waals surface area contributed by atoms with E-state index in [9.17, 15) is 45.7 Å². The molecule has 0 spiro atoms. The topological polar surface area (TPSA) is 251 Å². The second kappa shape index (κ2) is 13.3. The number of fused-ring (bicyclic) bond motifs is 3. The molecule has 17 heteroatoms. The molecule has 13 nitrogen and oxygen atoms in total. The molecule has 45 heavy (non-hydrogen) atoms. The van der Waals surface area contributed by atoms with Gasteiger partial charge in [-0.05, 0) is 24.3 Å². The van der Waals surface area contributed by atoms with Crippen LogP contribution in [0.2, 0.25) is 0 Å². The number of nitrogens with zero attached hydrogens (tertiary/aromatic N) is 1. The van der Waals surface area contributed by atoms with E-state index in [2.05, 4.69) is 4.99 Å². The Kier molecular flexibility index (Phi) is 10.7. The van der Waals surface area contributed by atoms with Crippen molar-refractivity contribution in [3.05, 3.63) is 114 Å². The smallest absolute Gasteiger partial charge is 0.736 e. The third-order valence-electron chi connectivity index (χ3n) is 6.67. The Labute approximate surface area is 296 Å². The van der Waals surface area contributed by atoms with Gasteiger partial charge in [0.2, 0.25) is 0 Å². The number of nitrogens with two attached hydrogens (primary N) is 1. The summed E-state index contributed by atoms with van der Waals surface area (Å²) in [6.45, 7) is 0. The Morgan fingerprint density at radius 3 is 1.58 bits per heavy atom. The van der Waals surface area contributed by atoms with Crippen LogP contribution in [0.1, 0.15) is 0 Å². The van der Waals surface area contributed by atoms with E-state index in [1.807, 2.05) is 0 Å². The molecule has 0 saturated carbocycles. The van der Waals surface area contributed by atoms with Gasteiger partial charge in [0, 0.05) is 27.2 Å². The first-order valence-electron chi connectivity index (χ1n) is 12.0. The molecule has 0 aliphatic heterocycles. The second-order valence-corrected chi connectivity index (χ2v) is 13.3. The first-order valence-corrected chi connectivity index (χ1v) is 15.3. The van der Waals surface area contributed by atoms with Crippen LogP contribution >= 0.6 is 0 Å². The van der Waals surface area contributed by atoms with Crippen molar-refractivity contribution < 1.29 is 95.3 Å². The summed E-state index contributed by atoms with van der Waals surface area (Å²) >= 11 is 0. The standard InChI is InChI=1S/C28H17N3O4.2Na.H2O6S2/c29-17-9-11-19(23-21(17)25(32)13-5-1-3-7-15(13)27(23)34)31-20-12-10-18(30)22-24(20)28(35)16-8-4-2-6-14(16)26(22)33;;;1-7(2,3)8(4,5)6/h1-12,29,33,35H,30H2;;;(H,1,2,3)(H,4,5,6)/q;2*+1;/p-2. The van der Waals surface area contributed by atoms with Crippen LogP contribution in [0.4, 0.5) is 11.4 Å². The molecule has 0 aromatic heterocycles. The zero-order chi connectivity index (χ0) is 31.4. The van der Waals surface area contributed by atoms with Gasteiger partial charge < -0.3 is 30.5 Å². The van der Waals surface area contributed by atoms with Gasteiger partial charge >= 0.3 is 59.1 Å². The van der Waals surface area contributed by atoms with Crippen LogP contribution in [0.15, 0.2) is 87.4 Å². The fourth-order valence-corrected chi connectivity index (χ4v) is 4.79. The predicted octanol–water partition coefficient (Wildman–Crippen LogP) is -4.83. The van der Waals surface area contributed by atoms with Crippen LogP contribution in [0.5, 0.6) is 11.5 Å². The van der Waals surface area contributed by atoms with E-state index < -0.39 is 29.2 Å². The molecule has 4 aromatic carbocycles. The van der Waals surface area contributed by atoms with Gasteiger partial charge in [-0.25, -0.2) is 21.8 Å². The third-order valence-corrected chi connectivity index (χ3v) is 8.67. The Morgan fingerprint density at radius 2 is 1.09 bits per heavy atom. The van der Waals surface area contributed by atoms with Crippen molar-refractivity contribution in [2.24, 2.45) is 4.99 Å². The van der Waals surface area contributed by atoms with E-state index >= 15 is 0 Å². The fraction of sp³-hybridized carbons (Fsp3) is 0. The molecule has 0 bridgehead atoms. The summed E-state index contributed by atoms with van der Waals surface area (Å²) in [7, 11) is -11.3. The maximum absolute atomic E-state index is 13.4. The SMILES string of the molecule is N=c1ccc(=Nc2ccc(N)c3c(O)c4ccccc4c(O)c23)c2c(=O)c3ccccc3c(=O)c1=2.O=S(=O)([O-])S(=O)(=O)[O-].[Na+].[Na+]. The van der Waals surface area contributed by atoms with Gasteiger partial charge in [-0.1, -0.05) is 48.5 Å². The Morgan fingerprint density at radius 1 is 0.644 bits per heavy atom. The average molecular weight is 666 g/mol.